The van der Waals surface area contributed by atoms with Crippen molar-refractivity contribution >= 4 is 38.3 Å². The second-order valence-corrected chi connectivity index (χ2v) is 6.32. The van der Waals surface area contributed by atoms with E-state index in [0.29, 0.717) is 6.54 Å². The van der Waals surface area contributed by atoms with Gasteiger partial charge in [-0.25, -0.2) is 9.97 Å². The molecule has 0 aliphatic rings. The molecule has 3 rings (SSSR count). The topological polar surface area (TPSA) is 56.7 Å². The number of fused-ring (bicyclic) bond motifs is 1. The van der Waals surface area contributed by atoms with Crippen molar-refractivity contribution in [1.29, 1.82) is 0 Å². The van der Waals surface area contributed by atoms with Crippen LogP contribution in [0.1, 0.15) is 5.69 Å². The van der Waals surface area contributed by atoms with Gasteiger partial charge in [0.05, 0.1) is 26.8 Å². The molecular formula is C12H11BrN4S. The van der Waals surface area contributed by atoms with Crippen LogP contribution >= 0.6 is 27.3 Å². The Bertz CT molecular complexity index is 716. The number of benzene rings is 1. The van der Waals surface area contributed by atoms with Crippen molar-refractivity contribution < 1.29 is 0 Å². The quantitative estimate of drug-likeness (QED) is 0.789. The number of hydrogen-bond donors (Lipinski definition) is 1. The normalized spacial score (nSPS) is 11.3. The third-order valence-corrected chi connectivity index (χ3v) is 4.69. The lowest BCUT2D eigenvalue weighted by Crippen LogP contribution is -1.96. The first-order valence-electron chi connectivity index (χ1n) is 5.46. The van der Waals surface area contributed by atoms with E-state index in [1.807, 2.05) is 17.9 Å². The molecule has 0 radical (unpaired) electrons. The Balaban J connectivity index is 2.12. The van der Waals surface area contributed by atoms with Gasteiger partial charge < -0.3 is 10.3 Å². The van der Waals surface area contributed by atoms with Crippen LogP contribution in [0.5, 0.6) is 0 Å². The second kappa shape index (κ2) is 4.46. The molecule has 2 heterocycles. The summed E-state index contributed by atoms with van der Waals surface area (Å²) in [6.07, 6.45) is 1.82. The molecule has 18 heavy (non-hydrogen) atoms. The molecule has 2 N–H and O–H groups in total. The van der Waals surface area contributed by atoms with Crippen LogP contribution in [0.4, 0.5) is 0 Å². The Kier molecular flexibility index (Phi) is 2.93. The molecule has 0 unspecified atom stereocenters. The van der Waals surface area contributed by atoms with Crippen LogP contribution < -0.4 is 5.73 Å². The largest absolute Gasteiger partial charge is 0.334 e. The maximum Gasteiger partial charge on any atom is 0.124 e. The van der Waals surface area contributed by atoms with E-state index in [1.54, 1.807) is 11.3 Å². The highest BCUT2D eigenvalue weighted by molar-refractivity contribution is 9.11. The smallest absolute Gasteiger partial charge is 0.124 e. The van der Waals surface area contributed by atoms with Gasteiger partial charge in [0, 0.05) is 19.2 Å². The maximum atomic E-state index is 5.63. The van der Waals surface area contributed by atoms with Gasteiger partial charge in [-0.2, -0.15) is 0 Å². The minimum Gasteiger partial charge on any atom is -0.334 e. The molecule has 92 valence electrons. The number of aryl methyl sites for hydroxylation is 1. The van der Waals surface area contributed by atoms with Crippen LogP contribution in [0.3, 0.4) is 0 Å². The third kappa shape index (κ3) is 1.86. The number of hydrogen-bond acceptors (Lipinski definition) is 4. The molecule has 6 heteroatoms. The molecule has 1 aromatic carbocycles. The molecule has 0 fully saturated rings. The van der Waals surface area contributed by atoms with Crippen molar-refractivity contribution in [2.45, 2.75) is 6.54 Å². The second-order valence-electron chi connectivity index (χ2n) is 4.00. The lowest BCUT2D eigenvalue weighted by atomic mass is 10.2. The van der Waals surface area contributed by atoms with Crippen LogP contribution in [0.25, 0.3) is 21.6 Å². The number of imidazole rings is 1. The summed E-state index contributed by atoms with van der Waals surface area (Å²) in [5.74, 6) is 0. The monoisotopic (exact) mass is 322 g/mol. The van der Waals surface area contributed by atoms with Crippen LogP contribution in [0, 0.1) is 0 Å². The van der Waals surface area contributed by atoms with Crippen molar-refractivity contribution in [3.63, 3.8) is 0 Å². The average molecular weight is 323 g/mol. The van der Waals surface area contributed by atoms with E-state index < -0.39 is 0 Å². The molecule has 0 spiro atoms. The van der Waals surface area contributed by atoms with Gasteiger partial charge in [-0.3, -0.25) is 0 Å². The van der Waals surface area contributed by atoms with Gasteiger partial charge in [-0.1, -0.05) is 0 Å². The van der Waals surface area contributed by atoms with Crippen molar-refractivity contribution in [3.8, 4) is 10.6 Å². The summed E-state index contributed by atoms with van der Waals surface area (Å²) in [7, 11) is 1.99. The van der Waals surface area contributed by atoms with Gasteiger partial charge in [-0.05, 0) is 34.1 Å². The van der Waals surface area contributed by atoms with Gasteiger partial charge in [-0.15, -0.1) is 11.3 Å². The molecule has 0 amide bonds. The standard InChI is InChI=1S/C12H11BrN4S/c1-17-6-15-8-4-7(2-3-10(8)17)12-16-9(5-14)11(13)18-12/h2-4,6H,5,14H2,1H3. The van der Waals surface area contributed by atoms with E-state index >= 15 is 0 Å². The Morgan fingerprint density at radius 1 is 1.44 bits per heavy atom. The number of thiazole rings is 1. The van der Waals surface area contributed by atoms with Crippen LogP contribution in [0.2, 0.25) is 0 Å². The Hall–Kier alpha value is -1.24. The van der Waals surface area contributed by atoms with Crippen LogP contribution in [-0.2, 0) is 13.6 Å². The number of nitrogens with zero attached hydrogens (tertiary/aromatic N) is 3. The molecule has 0 atom stereocenters. The summed E-state index contributed by atoms with van der Waals surface area (Å²) in [5, 5.41) is 0.967. The maximum absolute atomic E-state index is 5.63. The van der Waals surface area contributed by atoms with Gasteiger partial charge in [0.1, 0.15) is 5.01 Å². The Labute approximate surface area is 117 Å². The number of aromatic nitrogens is 3. The van der Waals surface area contributed by atoms with E-state index in [-0.39, 0.29) is 0 Å². The van der Waals surface area contributed by atoms with Gasteiger partial charge in [0.2, 0.25) is 0 Å². The third-order valence-electron chi connectivity index (χ3n) is 2.82. The molecule has 2 aromatic heterocycles. The van der Waals surface area contributed by atoms with E-state index in [2.05, 4.69) is 44.1 Å². The molecule has 0 saturated carbocycles. The summed E-state index contributed by atoms with van der Waals surface area (Å²) in [4.78, 5) is 8.88. The number of halogens is 1. The predicted octanol–water partition coefficient (Wildman–Crippen LogP) is 2.92. The predicted molar refractivity (Wildman–Crippen MR) is 77.4 cm³/mol. The average Bonchev–Trinajstić information content (AvgIpc) is 2.93. The van der Waals surface area contributed by atoms with Gasteiger partial charge >= 0.3 is 0 Å². The van der Waals surface area contributed by atoms with E-state index in [0.717, 1.165) is 31.1 Å². The van der Waals surface area contributed by atoms with Gasteiger partial charge in [0.25, 0.3) is 0 Å². The van der Waals surface area contributed by atoms with Crippen molar-refractivity contribution in [3.05, 3.63) is 34.0 Å². The summed E-state index contributed by atoms with van der Waals surface area (Å²) < 4.78 is 3.00. The fourth-order valence-electron chi connectivity index (χ4n) is 1.85. The first-order chi connectivity index (χ1) is 8.69. The first-order valence-corrected chi connectivity index (χ1v) is 7.06. The minimum atomic E-state index is 0.447. The van der Waals surface area contributed by atoms with E-state index in [1.165, 1.54) is 0 Å². The molecule has 0 saturated heterocycles. The molecule has 0 aliphatic heterocycles. The Morgan fingerprint density at radius 3 is 3.00 bits per heavy atom. The highest BCUT2D eigenvalue weighted by atomic mass is 79.9. The zero-order valence-corrected chi connectivity index (χ0v) is 12.1. The SMILES string of the molecule is Cn1cnc2cc(-c3nc(CN)c(Br)s3)ccc21. The van der Waals surface area contributed by atoms with Crippen LogP contribution in [-0.4, -0.2) is 14.5 Å². The summed E-state index contributed by atoms with van der Waals surface area (Å²) >= 11 is 5.08. The summed E-state index contributed by atoms with van der Waals surface area (Å²) in [5.41, 5.74) is 9.71. The van der Waals surface area contributed by atoms with Crippen LogP contribution in [0.15, 0.2) is 28.3 Å². The van der Waals surface area contributed by atoms with Gasteiger partial charge in [0.15, 0.2) is 0 Å². The molecular weight excluding hydrogens is 312 g/mol. The summed E-state index contributed by atoms with van der Waals surface area (Å²) in [6.45, 7) is 0.447. The van der Waals surface area contributed by atoms with Crippen molar-refractivity contribution in [2.75, 3.05) is 0 Å². The number of rotatable bonds is 2. The Morgan fingerprint density at radius 2 is 2.28 bits per heavy atom. The minimum absolute atomic E-state index is 0.447. The fourth-order valence-corrected chi connectivity index (χ4v) is 3.38. The van der Waals surface area contributed by atoms with Crippen molar-refractivity contribution in [1.82, 2.24) is 14.5 Å². The highest BCUT2D eigenvalue weighted by Crippen LogP contribution is 2.32. The fraction of sp³-hybridized carbons (Fsp3) is 0.167. The molecule has 0 bridgehead atoms. The van der Waals surface area contributed by atoms with E-state index in [4.69, 9.17) is 5.73 Å². The highest BCUT2D eigenvalue weighted by Gasteiger charge is 2.10. The summed E-state index contributed by atoms with van der Waals surface area (Å²) in [6, 6.07) is 6.19. The molecule has 3 aromatic rings. The molecule has 4 nitrogen and oxygen atoms in total. The molecule has 0 aliphatic carbocycles. The number of nitrogens with two attached hydrogens (primary N) is 1. The lowest BCUT2D eigenvalue weighted by Gasteiger charge is -1.97. The zero-order chi connectivity index (χ0) is 12.7. The van der Waals surface area contributed by atoms with E-state index in [9.17, 15) is 0 Å². The first kappa shape index (κ1) is 11.8. The van der Waals surface area contributed by atoms with Crippen molar-refractivity contribution in [2.24, 2.45) is 12.8 Å². The zero-order valence-electron chi connectivity index (χ0n) is 9.72. The lowest BCUT2D eigenvalue weighted by molar-refractivity contribution is 0.948.